The Labute approximate surface area is 270 Å². The van der Waals surface area contributed by atoms with Gasteiger partial charge in [0.15, 0.2) is 0 Å². The van der Waals surface area contributed by atoms with E-state index in [1.165, 1.54) is 4.90 Å². The second-order valence-electron chi connectivity index (χ2n) is 11.8. The van der Waals surface area contributed by atoms with Crippen LogP contribution in [0.15, 0.2) is 78.9 Å². The van der Waals surface area contributed by atoms with Crippen LogP contribution in [0.4, 0.5) is 5.69 Å². The molecule has 4 rings (SSSR count). The van der Waals surface area contributed by atoms with Crippen molar-refractivity contribution in [3.05, 3.63) is 101 Å². The topological polar surface area (TPSA) is 114 Å². The van der Waals surface area contributed by atoms with Gasteiger partial charge in [0.25, 0.3) is 0 Å². The largest absolute Gasteiger partial charge is 0.390 e. The number of nitrogens with zero attached hydrogens (tertiary/aromatic N) is 2. The summed E-state index contributed by atoms with van der Waals surface area (Å²) in [5, 5.41) is 21.0. The van der Waals surface area contributed by atoms with Crippen molar-refractivity contribution in [2.45, 2.75) is 50.9 Å². The highest BCUT2D eigenvalue weighted by Crippen LogP contribution is 2.24. The number of amides is 3. The third-order valence-corrected chi connectivity index (χ3v) is 8.35. The molecule has 1 aliphatic rings. The summed E-state index contributed by atoms with van der Waals surface area (Å²) in [5.41, 5.74) is 4.01. The lowest BCUT2D eigenvalue weighted by Crippen LogP contribution is -2.51. The van der Waals surface area contributed by atoms with Crippen LogP contribution in [0.1, 0.15) is 30.0 Å². The number of benzene rings is 3. The highest BCUT2D eigenvalue weighted by Gasteiger charge is 2.41. The van der Waals surface area contributed by atoms with Gasteiger partial charge in [-0.05, 0) is 54.3 Å². The van der Waals surface area contributed by atoms with Crippen molar-refractivity contribution in [3.63, 3.8) is 0 Å². The molecular weight excluding hydrogens is 590 g/mol. The predicted octanol–water partition coefficient (Wildman–Crippen LogP) is 3.18. The molecule has 4 atom stereocenters. The molecule has 3 aromatic carbocycles. The van der Waals surface area contributed by atoms with Crippen LogP contribution in [0.25, 0.3) is 0 Å². The zero-order chi connectivity index (χ0) is 32.3. The zero-order valence-corrected chi connectivity index (χ0v) is 27.0. The Morgan fingerprint density at radius 2 is 1.67 bits per heavy atom. The summed E-state index contributed by atoms with van der Waals surface area (Å²) in [6, 6.07) is 23.7. The average molecular weight is 634 g/mol. The Balaban J connectivity index is 1.43. The Morgan fingerprint density at radius 1 is 0.978 bits per heavy atom. The number of rotatable bonds is 15. The van der Waals surface area contributed by atoms with Gasteiger partial charge in [0.05, 0.1) is 18.1 Å². The minimum Gasteiger partial charge on any atom is -0.390 e. The van der Waals surface area contributed by atoms with Crippen molar-refractivity contribution in [1.29, 1.82) is 0 Å². The number of aliphatic hydroxyl groups excluding tert-OH is 1. The monoisotopic (exact) mass is 633 g/mol. The molecule has 0 bridgehead atoms. The number of likely N-dealkylation sites (tertiary alicyclic amines) is 1. The van der Waals surface area contributed by atoms with E-state index in [1.54, 1.807) is 12.1 Å². The maximum Gasteiger partial charge on any atom is 0.243 e. The molecule has 0 saturated carbocycles. The number of anilines is 1. The van der Waals surface area contributed by atoms with E-state index in [1.807, 2.05) is 86.6 Å². The van der Waals surface area contributed by atoms with Crippen LogP contribution in [0.2, 0.25) is 5.02 Å². The van der Waals surface area contributed by atoms with Crippen molar-refractivity contribution in [3.8, 4) is 0 Å². The SMILES string of the molecule is CCNC(=O)C(Cc1ccc(Cl)cc1)N1C[C@@H](C(=O)N[C@@H](Cc2ccccc2)C(O)CNCc2cccc(N(C)C)c2)CC1=O. The molecule has 0 spiro atoms. The highest BCUT2D eigenvalue weighted by molar-refractivity contribution is 6.30. The molecule has 3 amide bonds. The fourth-order valence-corrected chi connectivity index (χ4v) is 5.72. The predicted molar refractivity (Wildman–Crippen MR) is 178 cm³/mol. The van der Waals surface area contributed by atoms with Gasteiger partial charge in [0.1, 0.15) is 6.04 Å². The van der Waals surface area contributed by atoms with Gasteiger partial charge in [0, 0.05) is 63.8 Å². The number of halogens is 1. The second-order valence-corrected chi connectivity index (χ2v) is 12.2. The Morgan fingerprint density at radius 3 is 2.36 bits per heavy atom. The summed E-state index contributed by atoms with van der Waals surface area (Å²) in [4.78, 5) is 43.5. The standard InChI is InChI=1S/C35H44ClN5O4/c1-4-38-35(45)31(19-25-13-15-28(36)16-14-25)41-23-27(20-33(41)43)34(44)39-30(18-24-9-6-5-7-10-24)32(42)22-37-21-26-11-8-12-29(17-26)40(2)3/h5-17,27,30-32,37,42H,4,18-23H2,1-3H3,(H,38,45)(H,39,44)/t27-,30-,31?,32?/m0/s1. The molecule has 1 saturated heterocycles. The molecular formula is C35H44ClN5O4. The van der Waals surface area contributed by atoms with Crippen molar-refractivity contribution >= 4 is 35.0 Å². The Kier molecular flexibility index (Phi) is 12.4. The van der Waals surface area contributed by atoms with Crippen LogP contribution in [0, 0.1) is 5.92 Å². The highest BCUT2D eigenvalue weighted by atomic mass is 35.5. The van der Waals surface area contributed by atoms with Gasteiger partial charge in [-0.1, -0.05) is 66.2 Å². The summed E-state index contributed by atoms with van der Waals surface area (Å²) < 4.78 is 0. The minimum absolute atomic E-state index is 0.00300. The maximum absolute atomic E-state index is 13.6. The first-order valence-corrected chi connectivity index (χ1v) is 15.8. The van der Waals surface area contributed by atoms with Crippen molar-refractivity contribution < 1.29 is 19.5 Å². The molecule has 2 unspecified atom stereocenters. The normalized spacial score (nSPS) is 16.6. The lowest BCUT2D eigenvalue weighted by Gasteiger charge is -2.28. The summed E-state index contributed by atoms with van der Waals surface area (Å²) >= 11 is 6.04. The lowest BCUT2D eigenvalue weighted by atomic mass is 9.99. The molecule has 0 radical (unpaired) electrons. The van der Waals surface area contributed by atoms with Crippen molar-refractivity contribution in [2.24, 2.45) is 5.92 Å². The van der Waals surface area contributed by atoms with E-state index < -0.39 is 24.1 Å². The molecule has 240 valence electrons. The van der Waals surface area contributed by atoms with Gasteiger partial charge in [-0.2, -0.15) is 0 Å². The molecule has 0 aliphatic carbocycles. The van der Waals surface area contributed by atoms with Gasteiger partial charge in [-0.15, -0.1) is 0 Å². The van der Waals surface area contributed by atoms with E-state index in [-0.39, 0.29) is 37.2 Å². The van der Waals surface area contributed by atoms with E-state index in [9.17, 15) is 19.5 Å². The van der Waals surface area contributed by atoms with Crippen LogP contribution >= 0.6 is 11.6 Å². The first kappa shape index (κ1) is 34.0. The molecule has 3 aromatic rings. The van der Waals surface area contributed by atoms with Crippen molar-refractivity contribution in [1.82, 2.24) is 20.9 Å². The number of aliphatic hydroxyl groups is 1. The van der Waals surface area contributed by atoms with Crippen LogP contribution in [0.5, 0.6) is 0 Å². The Hall–Kier alpha value is -3.92. The molecule has 1 fully saturated rings. The molecule has 10 heteroatoms. The molecule has 1 aliphatic heterocycles. The van der Waals surface area contributed by atoms with Crippen LogP contribution in [-0.4, -0.2) is 79.6 Å². The number of hydrogen-bond donors (Lipinski definition) is 4. The lowest BCUT2D eigenvalue weighted by molar-refractivity contribution is -0.137. The number of carbonyl (C=O) groups is 3. The third kappa shape index (κ3) is 9.78. The smallest absolute Gasteiger partial charge is 0.243 e. The zero-order valence-electron chi connectivity index (χ0n) is 26.2. The molecule has 0 aromatic heterocycles. The molecule has 1 heterocycles. The fourth-order valence-electron chi connectivity index (χ4n) is 5.59. The van der Waals surface area contributed by atoms with E-state index >= 15 is 0 Å². The van der Waals surface area contributed by atoms with Crippen LogP contribution in [0.3, 0.4) is 0 Å². The second kappa shape index (κ2) is 16.4. The van der Waals surface area contributed by atoms with Gasteiger partial charge >= 0.3 is 0 Å². The summed E-state index contributed by atoms with van der Waals surface area (Å²) in [6.07, 6.45) is -0.153. The molecule has 9 nitrogen and oxygen atoms in total. The first-order valence-electron chi connectivity index (χ1n) is 15.5. The maximum atomic E-state index is 13.6. The number of likely N-dealkylation sites (N-methyl/N-ethyl adjacent to an activating group) is 1. The quantitative estimate of drug-likeness (QED) is 0.205. The number of nitrogens with one attached hydrogen (secondary N) is 3. The van der Waals surface area contributed by atoms with E-state index in [0.717, 1.165) is 22.4 Å². The molecule has 45 heavy (non-hydrogen) atoms. The van der Waals surface area contributed by atoms with Crippen LogP contribution < -0.4 is 20.9 Å². The van der Waals surface area contributed by atoms with Gasteiger partial charge in [0.2, 0.25) is 17.7 Å². The van der Waals surface area contributed by atoms with E-state index in [2.05, 4.69) is 22.0 Å². The van der Waals surface area contributed by atoms with Gasteiger partial charge in [-0.3, -0.25) is 14.4 Å². The van der Waals surface area contributed by atoms with Gasteiger partial charge < -0.3 is 30.9 Å². The van der Waals surface area contributed by atoms with E-state index in [4.69, 9.17) is 11.6 Å². The number of carbonyl (C=O) groups excluding carboxylic acids is 3. The minimum atomic E-state index is -0.882. The molecule has 4 N–H and O–H groups in total. The van der Waals surface area contributed by atoms with Gasteiger partial charge in [-0.25, -0.2) is 0 Å². The van der Waals surface area contributed by atoms with E-state index in [0.29, 0.717) is 31.0 Å². The Bertz CT molecular complexity index is 1420. The summed E-state index contributed by atoms with van der Waals surface area (Å²) in [7, 11) is 3.98. The third-order valence-electron chi connectivity index (χ3n) is 8.10. The first-order chi connectivity index (χ1) is 21.6. The average Bonchev–Trinajstić information content (AvgIpc) is 3.42. The van der Waals surface area contributed by atoms with Crippen molar-refractivity contribution in [2.75, 3.05) is 38.6 Å². The fraction of sp³-hybridized carbons (Fsp3) is 0.400. The summed E-state index contributed by atoms with van der Waals surface area (Å²) in [5.74, 6) is -1.47. The number of hydrogen-bond acceptors (Lipinski definition) is 6. The van der Waals surface area contributed by atoms with Crippen LogP contribution in [-0.2, 0) is 33.8 Å². The summed E-state index contributed by atoms with van der Waals surface area (Å²) in [6.45, 7) is 3.20.